The summed E-state index contributed by atoms with van der Waals surface area (Å²) in [6.07, 6.45) is 0.164. The molecule has 128 valence electrons. The number of ether oxygens (including phenoxy) is 1. The van der Waals surface area contributed by atoms with Crippen LogP contribution in [-0.4, -0.2) is 25.0 Å². The molecule has 2 aromatic rings. The van der Waals surface area contributed by atoms with Crippen LogP contribution >= 0.6 is 31.9 Å². The van der Waals surface area contributed by atoms with E-state index in [1.807, 2.05) is 0 Å². The maximum absolute atomic E-state index is 12.5. The number of hydrogen-bond donors (Lipinski definition) is 1. The quantitative estimate of drug-likeness (QED) is 0.684. The lowest BCUT2D eigenvalue weighted by Crippen LogP contribution is -2.43. The minimum Gasteiger partial charge on any atom is -0.467 e. The van der Waals surface area contributed by atoms with Crippen molar-refractivity contribution in [1.29, 1.82) is 5.26 Å². The molecule has 0 aromatic heterocycles. The molecule has 0 radical (unpaired) electrons. The summed E-state index contributed by atoms with van der Waals surface area (Å²) < 4.78 is 6.25. The predicted molar refractivity (Wildman–Crippen MR) is 100.0 cm³/mol. The Balaban J connectivity index is 2.25. The summed E-state index contributed by atoms with van der Waals surface area (Å²) in [7, 11) is 1.26. The summed E-state index contributed by atoms with van der Waals surface area (Å²) in [6, 6.07) is 13.2. The molecule has 2 aromatic carbocycles. The van der Waals surface area contributed by atoms with Crippen molar-refractivity contribution in [2.45, 2.75) is 12.5 Å². The third-order valence-corrected chi connectivity index (χ3v) is 4.39. The van der Waals surface area contributed by atoms with Gasteiger partial charge in [0.25, 0.3) is 5.91 Å². The number of halogens is 2. The Bertz CT molecular complexity index is 826. The summed E-state index contributed by atoms with van der Waals surface area (Å²) in [5.41, 5.74) is 1.51. The molecule has 0 fully saturated rings. The van der Waals surface area contributed by atoms with Crippen molar-refractivity contribution in [3.63, 3.8) is 0 Å². The largest absolute Gasteiger partial charge is 0.467 e. The van der Waals surface area contributed by atoms with Gasteiger partial charge in [-0.2, -0.15) is 5.26 Å². The van der Waals surface area contributed by atoms with Gasteiger partial charge in [0.2, 0.25) is 0 Å². The first-order chi connectivity index (χ1) is 11.9. The number of amides is 1. The molecular weight excluding hydrogens is 452 g/mol. The minimum absolute atomic E-state index is 0.164. The smallest absolute Gasteiger partial charge is 0.328 e. The average molecular weight is 466 g/mol. The molecule has 25 heavy (non-hydrogen) atoms. The number of nitrogens with zero attached hydrogens (tertiary/aromatic N) is 1. The molecule has 0 aliphatic rings. The first-order valence-electron chi connectivity index (χ1n) is 7.27. The van der Waals surface area contributed by atoms with Crippen molar-refractivity contribution in [1.82, 2.24) is 5.32 Å². The van der Waals surface area contributed by atoms with Gasteiger partial charge in [-0.15, -0.1) is 0 Å². The van der Waals surface area contributed by atoms with Crippen LogP contribution in [-0.2, 0) is 16.0 Å². The van der Waals surface area contributed by atoms with Crippen molar-refractivity contribution in [2.75, 3.05) is 7.11 Å². The fourth-order valence-electron chi connectivity index (χ4n) is 2.29. The van der Waals surface area contributed by atoms with E-state index in [1.165, 1.54) is 7.11 Å². The van der Waals surface area contributed by atoms with Crippen LogP contribution in [0.25, 0.3) is 0 Å². The highest BCUT2D eigenvalue weighted by molar-refractivity contribution is 9.11. The lowest BCUT2D eigenvalue weighted by Gasteiger charge is -2.17. The molecule has 0 heterocycles. The van der Waals surface area contributed by atoms with Gasteiger partial charge < -0.3 is 10.1 Å². The van der Waals surface area contributed by atoms with Crippen molar-refractivity contribution in [3.8, 4) is 6.07 Å². The highest BCUT2D eigenvalue weighted by Crippen LogP contribution is 2.20. The monoisotopic (exact) mass is 464 g/mol. The Kier molecular flexibility index (Phi) is 6.73. The fraction of sp³-hybridized carbons (Fsp3) is 0.167. The molecule has 1 N–H and O–H groups in total. The molecule has 2 rings (SSSR count). The second-order valence-corrected chi connectivity index (χ2v) is 7.01. The van der Waals surface area contributed by atoms with Crippen molar-refractivity contribution in [3.05, 3.63) is 68.1 Å². The molecule has 5 nitrogen and oxygen atoms in total. The van der Waals surface area contributed by atoms with Crippen molar-refractivity contribution < 1.29 is 14.3 Å². The SMILES string of the molecule is COC(=O)[C@@H](Cc1ccccc1C#N)NC(=O)c1cc(Br)cc(Br)c1. The molecule has 0 bridgehead atoms. The fourth-order valence-corrected chi connectivity index (χ4v) is 3.58. The van der Waals surface area contributed by atoms with Crippen LogP contribution in [0, 0.1) is 11.3 Å². The Morgan fingerprint density at radius 1 is 1.20 bits per heavy atom. The minimum atomic E-state index is -0.898. The summed E-state index contributed by atoms with van der Waals surface area (Å²) in [6.45, 7) is 0. The lowest BCUT2D eigenvalue weighted by molar-refractivity contribution is -0.142. The highest BCUT2D eigenvalue weighted by Gasteiger charge is 2.24. The van der Waals surface area contributed by atoms with E-state index in [-0.39, 0.29) is 6.42 Å². The summed E-state index contributed by atoms with van der Waals surface area (Å²) in [4.78, 5) is 24.6. The molecule has 1 atom stereocenters. The van der Waals surface area contributed by atoms with Gasteiger partial charge >= 0.3 is 5.97 Å². The Morgan fingerprint density at radius 3 is 2.44 bits per heavy atom. The maximum Gasteiger partial charge on any atom is 0.328 e. The van der Waals surface area contributed by atoms with Crippen molar-refractivity contribution >= 4 is 43.7 Å². The molecule has 1 amide bonds. The van der Waals surface area contributed by atoms with Crippen LogP contribution in [0.3, 0.4) is 0 Å². The number of methoxy groups -OCH3 is 1. The Hall–Kier alpha value is -2.17. The van der Waals surface area contributed by atoms with Crippen LogP contribution in [0.15, 0.2) is 51.4 Å². The van der Waals surface area contributed by atoms with Gasteiger partial charge in [0.15, 0.2) is 0 Å². The number of nitriles is 1. The second kappa shape index (κ2) is 8.79. The zero-order valence-corrected chi connectivity index (χ0v) is 16.4. The van der Waals surface area contributed by atoms with E-state index >= 15 is 0 Å². The van der Waals surface area contributed by atoms with E-state index in [0.717, 1.165) is 8.95 Å². The van der Waals surface area contributed by atoms with Gasteiger partial charge in [-0.25, -0.2) is 4.79 Å². The van der Waals surface area contributed by atoms with E-state index in [2.05, 4.69) is 43.2 Å². The lowest BCUT2D eigenvalue weighted by atomic mass is 10.0. The molecule has 0 aliphatic carbocycles. The summed E-state index contributed by atoms with van der Waals surface area (Å²) in [5, 5.41) is 11.9. The molecule has 0 unspecified atom stereocenters. The maximum atomic E-state index is 12.5. The number of rotatable bonds is 5. The van der Waals surface area contributed by atoms with Crippen LogP contribution < -0.4 is 5.32 Å². The number of hydrogen-bond acceptors (Lipinski definition) is 4. The summed E-state index contributed by atoms with van der Waals surface area (Å²) >= 11 is 6.65. The zero-order chi connectivity index (χ0) is 18.4. The molecule has 0 saturated heterocycles. The van der Waals surface area contributed by atoms with E-state index in [9.17, 15) is 14.9 Å². The van der Waals surface area contributed by atoms with Crippen molar-refractivity contribution in [2.24, 2.45) is 0 Å². The molecule has 0 aliphatic heterocycles. The zero-order valence-electron chi connectivity index (χ0n) is 13.3. The molecule has 0 saturated carbocycles. The van der Waals surface area contributed by atoms with Crippen LogP contribution in [0.2, 0.25) is 0 Å². The van der Waals surface area contributed by atoms with Gasteiger partial charge in [0.1, 0.15) is 6.04 Å². The number of carbonyl (C=O) groups excluding carboxylic acids is 2. The predicted octanol–water partition coefficient (Wildman–Crippen LogP) is 3.60. The normalized spacial score (nSPS) is 11.3. The number of esters is 1. The van der Waals surface area contributed by atoms with Gasteiger partial charge in [-0.3, -0.25) is 4.79 Å². The van der Waals surface area contributed by atoms with Crippen LogP contribution in [0.4, 0.5) is 0 Å². The molecule has 7 heteroatoms. The molecule has 0 spiro atoms. The van der Waals surface area contributed by atoms with Crippen LogP contribution in [0.1, 0.15) is 21.5 Å². The van der Waals surface area contributed by atoms with E-state index in [0.29, 0.717) is 16.7 Å². The Morgan fingerprint density at radius 2 is 1.84 bits per heavy atom. The number of benzene rings is 2. The first-order valence-corrected chi connectivity index (χ1v) is 8.86. The Labute approximate surface area is 162 Å². The van der Waals surface area contributed by atoms with E-state index in [1.54, 1.807) is 42.5 Å². The van der Waals surface area contributed by atoms with E-state index in [4.69, 9.17) is 4.74 Å². The average Bonchev–Trinajstić information content (AvgIpc) is 2.60. The van der Waals surface area contributed by atoms with Gasteiger partial charge in [-0.1, -0.05) is 50.1 Å². The second-order valence-electron chi connectivity index (χ2n) is 5.18. The van der Waals surface area contributed by atoms with Gasteiger partial charge in [-0.05, 0) is 29.8 Å². The molecular formula is C18H14Br2N2O3. The number of carbonyl (C=O) groups is 2. The first kappa shape index (κ1) is 19.2. The third-order valence-electron chi connectivity index (χ3n) is 3.48. The standard InChI is InChI=1S/C18H14Br2N2O3/c1-25-18(24)16(8-11-4-2-3-5-12(11)10-21)22-17(23)13-6-14(19)9-15(20)7-13/h2-7,9,16H,8H2,1H3,(H,22,23)/t16-/m1/s1. The number of nitrogens with one attached hydrogen (secondary N) is 1. The van der Waals surface area contributed by atoms with E-state index < -0.39 is 17.9 Å². The third kappa shape index (κ3) is 5.15. The van der Waals surface area contributed by atoms with Gasteiger partial charge in [0, 0.05) is 20.9 Å². The van der Waals surface area contributed by atoms with Crippen LogP contribution in [0.5, 0.6) is 0 Å². The highest BCUT2D eigenvalue weighted by atomic mass is 79.9. The van der Waals surface area contributed by atoms with Gasteiger partial charge in [0.05, 0.1) is 18.7 Å². The topological polar surface area (TPSA) is 79.2 Å². The summed E-state index contributed by atoms with van der Waals surface area (Å²) in [5.74, 6) is -0.984.